The number of rotatable bonds is 11. The van der Waals surface area contributed by atoms with Crippen LogP contribution in [-0.4, -0.2) is 44.7 Å². The highest BCUT2D eigenvalue weighted by Crippen LogP contribution is 2.20. The fourth-order valence-corrected chi connectivity index (χ4v) is 3.42. The molecule has 0 aromatic heterocycles. The van der Waals surface area contributed by atoms with Crippen LogP contribution in [0.4, 0.5) is 0 Å². The maximum absolute atomic E-state index is 12.0. The molecule has 0 atom stereocenters. The average Bonchev–Trinajstić information content (AvgIpc) is 2.77. The largest absolute Gasteiger partial charge is 0.378 e. The van der Waals surface area contributed by atoms with E-state index in [1.165, 1.54) is 32.1 Å². The van der Waals surface area contributed by atoms with Gasteiger partial charge in [-0.2, -0.15) is 0 Å². The molecule has 0 bridgehead atoms. The second-order valence-electron chi connectivity index (χ2n) is 7.64. The van der Waals surface area contributed by atoms with Gasteiger partial charge in [0.2, 0.25) is 0 Å². The minimum atomic E-state index is -0.00844. The highest BCUT2D eigenvalue weighted by Gasteiger charge is 2.13. The summed E-state index contributed by atoms with van der Waals surface area (Å²) in [6.45, 7) is 5.14. The van der Waals surface area contributed by atoms with Crippen molar-refractivity contribution in [2.75, 3.05) is 26.7 Å². The van der Waals surface area contributed by atoms with Gasteiger partial charge in [0.05, 0.1) is 6.10 Å². The van der Waals surface area contributed by atoms with E-state index in [2.05, 4.69) is 27.9 Å². The minimum absolute atomic E-state index is 0. The predicted octanol–water partition coefficient (Wildman–Crippen LogP) is 4.24. The fraction of sp³-hybridized carbons (Fsp3) is 0.652. The van der Waals surface area contributed by atoms with Crippen molar-refractivity contribution in [2.24, 2.45) is 4.99 Å². The fourth-order valence-electron chi connectivity index (χ4n) is 3.42. The zero-order valence-electron chi connectivity index (χ0n) is 18.5. The van der Waals surface area contributed by atoms with E-state index in [4.69, 9.17) is 4.74 Å². The normalized spacial score (nSPS) is 14.7. The number of amides is 1. The Morgan fingerprint density at radius 1 is 1.03 bits per heavy atom. The summed E-state index contributed by atoms with van der Waals surface area (Å²) >= 11 is 0. The zero-order valence-corrected chi connectivity index (χ0v) is 20.9. The third kappa shape index (κ3) is 10.6. The quantitative estimate of drug-likeness (QED) is 0.173. The Kier molecular flexibility index (Phi) is 14.5. The molecule has 1 fully saturated rings. The van der Waals surface area contributed by atoms with Gasteiger partial charge in [-0.15, -0.1) is 24.0 Å². The first-order chi connectivity index (χ1) is 14.2. The van der Waals surface area contributed by atoms with Crippen LogP contribution in [0.2, 0.25) is 0 Å². The van der Waals surface area contributed by atoms with Crippen molar-refractivity contribution >= 4 is 35.8 Å². The highest BCUT2D eigenvalue weighted by molar-refractivity contribution is 14.0. The van der Waals surface area contributed by atoms with Gasteiger partial charge in [-0.3, -0.25) is 9.79 Å². The third-order valence-corrected chi connectivity index (χ3v) is 5.23. The first kappa shape index (κ1) is 26.7. The van der Waals surface area contributed by atoms with Gasteiger partial charge < -0.3 is 20.7 Å². The number of ether oxygens (including phenoxy) is 1. The number of carbonyl (C=O) groups excluding carboxylic acids is 1. The molecule has 0 unspecified atom stereocenters. The molecule has 1 aromatic carbocycles. The van der Waals surface area contributed by atoms with Crippen molar-refractivity contribution in [1.29, 1.82) is 0 Å². The molecule has 7 heteroatoms. The van der Waals surface area contributed by atoms with Crippen molar-refractivity contribution in [3.63, 3.8) is 0 Å². The summed E-state index contributed by atoms with van der Waals surface area (Å²) in [5.74, 6) is 0.773. The van der Waals surface area contributed by atoms with E-state index in [0.29, 0.717) is 18.2 Å². The molecule has 1 aliphatic carbocycles. The maximum atomic E-state index is 12.0. The molecule has 1 amide bonds. The van der Waals surface area contributed by atoms with E-state index < -0.39 is 0 Å². The third-order valence-electron chi connectivity index (χ3n) is 5.23. The summed E-state index contributed by atoms with van der Waals surface area (Å²) in [4.78, 5) is 16.3. The number of nitrogens with one attached hydrogen (secondary N) is 3. The lowest BCUT2D eigenvalue weighted by atomic mass is 9.98. The van der Waals surface area contributed by atoms with Crippen LogP contribution in [0, 0.1) is 0 Å². The molecular weight excluding hydrogens is 491 g/mol. The van der Waals surface area contributed by atoms with E-state index in [-0.39, 0.29) is 29.9 Å². The number of aliphatic imine (C=N–C) groups is 1. The van der Waals surface area contributed by atoms with E-state index in [1.807, 2.05) is 24.3 Å². The van der Waals surface area contributed by atoms with Gasteiger partial charge in [0.1, 0.15) is 0 Å². The van der Waals surface area contributed by atoms with Crippen LogP contribution in [0.15, 0.2) is 29.3 Å². The first-order valence-electron chi connectivity index (χ1n) is 11.2. The lowest BCUT2D eigenvalue weighted by Crippen LogP contribution is -2.37. The molecule has 0 heterocycles. The predicted molar refractivity (Wildman–Crippen MR) is 135 cm³/mol. The van der Waals surface area contributed by atoms with Crippen LogP contribution < -0.4 is 16.0 Å². The van der Waals surface area contributed by atoms with Gasteiger partial charge in [0.25, 0.3) is 5.91 Å². The topological polar surface area (TPSA) is 74.8 Å². The van der Waals surface area contributed by atoms with Crippen molar-refractivity contribution in [1.82, 2.24) is 16.0 Å². The monoisotopic (exact) mass is 530 g/mol. The van der Waals surface area contributed by atoms with Crippen LogP contribution in [0.5, 0.6) is 0 Å². The molecule has 0 spiro atoms. The molecule has 2 rings (SSSR count). The Balaban J connectivity index is 0.00000450. The van der Waals surface area contributed by atoms with Crippen LogP contribution in [0.3, 0.4) is 0 Å². The number of guanidine groups is 1. The second-order valence-corrected chi connectivity index (χ2v) is 7.64. The van der Waals surface area contributed by atoms with Crippen LogP contribution in [-0.2, 0) is 11.3 Å². The molecule has 3 N–H and O–H groups in total. The smallest absolute Gasteiger partial charge is 0.251 e. The molecule has 1 saturated carbocycles. The van der Waals surface area contributed by atoms with E-state index >= 15 is 0 Å². The summed E-state index contributed by atoms with van der Waals surface area (Å²) in [6.07, 6.45) is 9.94. The second kappa shape index (κ2) is 16.4. The van der Waals surface area contributed by atoms with E-state index in [9.17, 15) is 4.79 Å². The molecule has 170 valence electrons. The number of benzene rings is 1. The number of hydrogen-bond acceptors (Lipinski definition) is 3. The molecule has 1 aromatic rings. The minimum Gasteiger partial charge on any atom is -0.378 e. The molecule has 6 nitrogen and oxygen atoms in total. The summed E-state index contributed by atoms with van der Waals surface area (Å²) in [6, 6.07) is 7.70. The molecule has 0 saturated heterocycles. The maximum Gasteiger partial charge on any atom is 0.251 e. The number of nitrogens with zero attached hydrogens (tertiary/aromatic N) is 1. The Morgan fingerprint density at radius 3 is 2.40 bits per heavy atom. The number of unbranched alkanes of at least 4 members (excludes halogenated alkanes) is 1. The van der Waals surface area contributed by atoms with Gasteiger partial charge in [0, 0.05) is 38.9 Å². The lowest BCUT2D eigenvalue weighted by Gasteiger charge is -2.22. The van der Waals surface area contributed by atoms with Gasteiger partial charge >= 0.3 is 0 Å². The number of hydrogen-bond donors (Lipinski definition) is 3. The Morgan fingerprint density at radius 2 is 1.73 bits per heavy atom. The number of halogens is 1. The van der Waals surface area contributed by atoms with Crippen LogP contribution in [0.25, 0.3) is 0 Å². The molecule has 1 aliphatic rings. The van der Waals surface area contributed by atoms with Gasteiger partial charge in [-0.1, -0.05) is 44.7 Å². The summed E-state index contributed by atoms with van der Waals surface area (Å²) in [5.41, 5.74) is 1.81. The summed E-state index contributed by atoms with van der Waals surface area (Å²) < 4.78 is 5.96. The van der Waals surface area contributed by atoms with Gasteiger partial charge in [-0.05, 0) is 43.4 Å². The molecule has 0 aliphatic heterocycles. The van der Waals surface area contributed by atoms with E-state index in [1.54, 1.807) is 7.05 Å². The lowest BCUT2D eigenvalue weighted by molar-refractivity contribution is 0.0277. The van der Waals surface area contributed by atoms with Crippen molar-refractivity contribution < 1.29 is 9.53 Å². The van der Waals surface area contributed by atoms with Crippen LogP contribution in [0.1, 0.15) is 74.2 Å². The Bertz CT molecular complexity index is 616. The average molecular weight is 530 g/mol. The van der Waals surface area contributed by atoms with Crippen molar-refractivity contribution in [2.45, 2.75) is 70.9 Å². The standard InChI is InChI=1S/C23H38N4O2.HI/c1-3-4-15-25-22(28)20-13-11-19(12-14-20)18-27-23(24-2)26-16-8-17-29-21-9-6-5-7-10-21;/h11-14,21H,3-10,15-18H2,1-2H3,(H,25,28)(H2,24,26,27);1H. The van der Waals surface area contributed by atoms with Crippen molar-refractivity contribution in [3.8, 4) is 0 Å². The zero-order chi connectivity index (χ0) is 20.7. The molecule has 0 radical (unpaired) electrons. The molecule has 30 heavy (non-hydrogen) atoms. The van der Waals surface area contributed by atoms with Crippen molar-refractivity contribution in [3.05, 3.63) is 35.4 Å². The Labute approximate surface area is 199 Å². The SMILES string of the molecule is CCCCNC(=O)c1ccc(CNC(=NC)NCCCOC2CCCCC2)cc1.I. The van der Waals surface area contributed by atoms with Crippen LogP contribution >= 0.6 is 24.0 Å². The van der Waals surface area contributed by atoms with E-state index in [0.717, 1.165) is 50.5 Å². The summed E-state index contributed by atoms with van der Waals surface area (Å²) in [7, 11) is 1.78. The number of carbonyl (C=O) groups is 1. The van der Waals surface area contributed by atoms with Gasteiger partial charge in [0.15, 0.2) is 5.96 Å². The first-order valence-corrected chi connectivity index (χ1v) is 11.2. The summed E-state index contributed by atoms with van der Waals surface area (Å²) in [5, 5.41) is 9.58. The molecular formula is C23H39IN4O2. The highest BCUT2D eigenvalue weighted by atomic mass is 127. The Hall–Kier alpha value is -1.35. The van der Waals surface area contributed by atoms with Gasteiger partial charge in [-0.25, -0.2) is 0 Å².